The number of hydrogen-bond donors (Lipinski definition) is 1. The van der Waals surface area contributed by atoms with Crippen molar-refractivity contribution in [3.8, 4) is 11.5 Å². The molecular formula is C19H18N2O3S. The monoisotopic (exact) mass is 354 g/mol. The molecule has 0 aliphatic carbocycles. The van der Waals surface area contributed by atoms with E-state index in [2.05, 4.69) is 10.3 Å². The standard InChI is InChI=1S/C19H18N2O3S/c1-13-9-14(7-8-17(13)23-2)21-19(22)16-5-3-4-6-18(16)24-10-15-11-25-12-20-15/h3-9,11-12H,10H2,1-2H3,(H,21,22). The highest BCUT2D eigenvalue weighted by Crippen LogP contribution is 2.24. The second-order valence-corrected chi connectivity index (χ2v) is 6.12. The number of nitrogens with zero attached hydrogens (tertiary/aromatic N) is 1. The minimum absolute atomic E-state index is 0.224. The molecule has 1 heterocycles. The van der Waals surface area contributed by atoms with Crippen LogP contribution in [0.3, 0.4) is 0 Å². The van der Waals surface area contributed by atoms with E-state index in [0.717, 1.165) is 17.0 Å². The third-order valence-corrected chi connectivity index (χ3v) is 4.28. The highest BCUT2D eigenvalue weighted by atomic mass is 32.1. The summed E-state index contributed by atoms with van der Waals surface area (Å²) < 4.78 is 11.0. The normalized spacial score (nSPS) is 10.3. The first-order valence-corrected chi connectivity index (χ1v) is 8.66. The number of carbonyl (C=O) groups excluding carboxylic acids is 1. The Morgan fingerprint density at radius 1 is 1.20 bits per heavy atom. The molecule has 25 heavy (non-hydrogen) atoms. The molecule has 1 N–H and O–H groups in total. The van der Waals surface area contributed by atoms with E-state index in [1.807, 2.05) is 42.6 Å². The highest BCUT2D eigenvalue weighted by molar-refractivity contribution is 7.07. The average Bonchev–Trinajstić information content (AvgIpc) is 3.14. The second kappa shape index (κ2) is 7.81. The fourth-order valence-corrected chi connectivity index (χ4v) is 2.94. The maximum Gasteiger partial charge on any atom is 0.259 e. The number of nitrogens with one attached hydrogen (secondary N) is 1. The van der Waals surface area contributed by atoms with Crippen LogP contribution in [0.1, 0.15) is 21.6 Å². The van der Waals surface area contributed by atoms with E-state index in [0.29, 0.717) is 23.6 Å². The van der Waals surface area contributed by atoms with Crippen molar-refractivity contribution in [2.24, 2.45) is 0 Å². The molecule has 1 amide bonds. The number of ether oxygens (including phenoxy) is 2. The lowest BCUT2D eigenvalue weighted by Gasteiger charge is -2.12. The van der Waals surface area contributed by atoms with Gasteiger partial charge < -0.3 is 14.8 Å². The third-order valence-electron chi connectivity index (χ3n) is 3.64. The van der Waals surface area contributed by atoms with Crippen LogP contribution >= 0.6 is 11.3 Å². The minimum Gasteiger partial charge on any atom is -0.496 e. The Labute approximate surface area is 150 Å². The van der Waals surface area contributed by atoms with Crippen LogP contribution in [0.5, 0.6) is 11.5 Å². The molecule has 6 heteroatoms. The third kappa shape index (κ3) is 4.16. The van der Waals surface area contributed by atoms with Crippen molar-refractivity contribution in [2.75, 3.05) is 12.4 Å². The van der Waals surface area contributed by atoms with Gasteiger partial charge in [-0.15, -0.1) is 11.3 Å². The van der Waals surface area contributed by atoms with Gasteiger partial charge in [0.1, 0.15) is 18.1 Å². The average molecular weight is 354 g/mol. The number of methoxy groups -OCH3 is 1. The van der Waals surface area contributed by atoms with Crippen LogP contribution in [0, 0.1) is 6.92 Å². The van der Waals surface area contributed by atoms with Crippen molar-refractivity contribution in [3.05, 3.63) is 70.2 Å². The molecule has 0 spiro atoms. The molecule has 128 valence electrons. The predicted molar refractivity (Wildman–Crippen MR) is 98.6 cm³/mol. The molecule has 3 aromatic rings. The van der Waals surface area contributed by atoms with Gasteiger partial charge in [0, 0.05) is 11.1 Å². The van der Waals surface area contributed by atoms with E-state index in [4.69, 9.17) is 9.47 Å². The SMILES string of the molecule is COc1ccc(NC(=O)c2ccccc2OCc2cscn2)cc1C. The van der Waals surface area contributed by atoms with Gasteiger partial charge in [-0.2, -0.15) is 0 Å². The fraction of sp³-hybridized carbons (Fsp3) is 0.158. The molecule has 2 aromatic carbocycles. The van der Waals surface area contributed by atoms with Crippen molar-refractivity contribution < 1.29 is 14.3 Å². The van der Waals surface area contributed by atoms with Gasteiger partial charge in [-0.1, -0.05) is 12.1 Å². The summed E-state index contributed by atoms with van der Waals surface area (Å²) in [7, 11) is 1.62. The Kier molecular flexibility index (Phi) is 5.30. The van der Waals surface area contributed by atoms with E-state index in [-0.39, 0.29) is 5.91 Å². The smallest absolute Gasteiger partial charge is 0.259 e. The van der Waals surface area contributed by atoms with Crippen LogP contribution < -0.4 is 14.8 Å². The predicted octanol–water partition coefficient (Wildman–Crippen LogP) is 4.29. The molecule has 0 saturated carbocycles. The summed E-state index contributed by atoms with van der Waals surface area (Å²) in [6.07, 6.45) is 0. The van der Waals surface area contributed by atoms with Crippen molar-refractivity contribution in [2.45, 2.75) is 13.5 Å². The number of anilines is 1. The quantitative estimate of drug-likeness (QED) is 0.717. The number of aryl methyl sites for hydroxylation is 1. The Hall–Kier alpha value is -2.86. The minimum atomic E-state index is -0.224. The summed E-state index contributed by atoms with van der Waals surface area (Å²) in [6, 6.07) is 12.7. The van der Waals surface area contributed by atoms with E-state index in [9.17, 15) is 4.79 Å². The zero-order valence-electron chi connectivity index (χ0n) is 14.0. The van der Waals surface area contributed by atoms with Crippen LogP contribution in [0.2, 0.25) is 0 Å². The summed E-state index contributed by atoms with van der Waals surface area (Å²) in [5.74, 6) is 1.08. The van der Waals surface area contributed by atoms with Crippen LogP contribution in [0.4, 0.5) is 5.69 Å². The number of aromatic nitrogens is 1. The molecule has 3 rings (SSSR count). The van der Waals surface area contributed by atoms with Gasteiger partial charge in [0.15, 0.2) is 0 Å². The summed E-state index contributed by atoms with van der Waals surface area (Å²) in [5.41, 5.74) is 4.73. The molecule has 0 fully saturated rings. The maximum absolute atomic E-state index is 12.6. The largest absolute Gasteiger partial charge is 0.496 e. The zero-order chi connectivity index (χ0) is 17.6. The van der Waals surface area contributed by atoms with Crippen molar-refractivity contribution in [1.82, 2.24) is 4.98 Å². The zero-order valence-corrected chi connectivity index (χ0v) is 14.8. The first-order valence-electron chi connectivity index (χ1n) is 7.72. The Balaban J connectivity index is 1.74. The maximum atomic E-state index is 12.6. The second-order valence-electron chi connectivity index (χ2n) is 5.40. The number of para-hydroxylation sites is 1. The topological polar surface area (TPSA) is 60.5 Å². The van der Waals surface area contributed by atoms with Gasteiger partial charge in [-0.25, -0.2) is 4.98 Å². The van der Waals surface area contributed by atoms with E-state index < -0.39 is 0 Å². The number of rotatable bonds is 6. The molecule has 0 radical (unpaired) electrons. The van der Waals surface area contributed by atoms with Gasteiger partial charge in [0.2, 0.25) is 0 Å². The van der Waals surface area contributed by atoms with Crippen LogP contribution in [0.15, 0.2) is 53.4 Å². The molecule has 0 aliphatic heterocycles. The first kappa shape index (κ1) is 17.0. The van der Waals surface area contributed by atoms with Gasteiger partial charge in [-0.05, 0) is 42.8 Å². The molecule has 0 unspecified atom stereocenters. The van der Waals surface area contributed by atoms with Gasteiger partial charge >= 0.3 is 0 Å². The van der Waals surface area contributed by atoms with Gasteiger partial charge in [0.05, 0.1) is 23.9 Å². The molecule has 5 nitrogen and oxygen atoms in total. The number of hydrogen-bond acceptors (Lipinski definition) is 5. The summed E-state index contributed by atoms with van der Waals surface area (Å²) >= 11 is 1.51. The van der Waals surface area contributed by atoms with Crippen LogP contribution in [-0.4, -0.2) is 18.0 Å². The Morgan fingerprint density at radius 3 is 2.76 bits per heavy atom. The molecule has 0 bridgehead atoms. The van der Waals surface area contributed by atoms with E-state index in [1.54, 1.807) is 24.8 Å². The molecule has 0 aliphatic rings. The van der Waals surface area contributed by atoms with Crippen molar-refractivity contribution in [3.63, 3.8) is 0 Å². The number of amides is 1. The summed E-state index contributed by atoms with van der Waals surface area (Å²) in [6.45, 7) is 2.26. The van der Waals surface area contributed by atoms with Gasteiger partial charge in [-0.3, -0.25) is 4.79 Å². The van der Waals surface area contributed by atoms with Crippen LogP contribution in [0.25, 0.3) is 0 Å². The van der Waals surface area contributed by atoms with Gasteiger partial charge in [0.25, 0.3) is 5.91 Å². The molecule has 0 saturated heterocycles. The fourth-order valence-electron chi connectivity index (χ4n) is 2.40. The first-order chi connectivity index (χ1) is 12.2. The van der Waals surface area contributed by atoms with Crippen LogP contribution in [-0.2, 0) is 6.61 Å². The van der Waals surface area contributed by atoms with Crippen molar-refractivity contribution >= 4 is 22.9 Å². The van der Waals surface area contributed by atoms with E-state index >= 15 is 0 Å². The van der Waals surface area contributed by atoms with E-state index in [1.165, 1.54) is 11.3 Å². The Bertz CT molecular complexity index is 863. The molecular weight excluding hydrogens is 336 g/mol. The number of benzene rings is 2. The lowest BCUT2D eigenvalue weighted by molar-refractivity contribution is 0.102. The number of carbonyl (C=O) groups is 1. The summed E-state index contributed by atoms with van der Waals surface area (Å²) in [5, 5.41) is 4.82. The molecule has 1 aromatic heterocycles. The number of thiazole rings is 1. The lowest BCUT2D eigenvalue weighted by Crippen LogP contribution is -2.13. The lowest BCUT2D eigenvalue weighted by atomic mass is 10.1. The summed E-state index contributed by atoms with van der Waals surface area (Å²) in [4.78, 5) is 16.8. The Morgan fingerprint density at radius 2 is 2.04 bits per heavy atom. The highest BCUT2D eigenvalue weighted by Gasteiger charge is 2.13. The van der Waals surface area contributed by atoms with Crippen molar-refractivity contribution in [1.29, 1.82) is 0 Å². The molecule has 0 atom stereocenters.